The monoisotopic (exact) mass is 962 g/mol. The first kappa shape index (κ1) is 27.0. The van der Waals surface area contributed by atoms with Crippen LogP contribution in [0.2, 0.25) is 0 Å². The van der Waals surface area contributed by atoms with Gasteiger partial charge in [0.15, 0.2) is 0 Å². The third-order valence-electron chi connectivity index (χ3n) is 9.73. The molecule has 4 aromatic heterocycles. The van der Waals surface area contributed by atoms with Crippen LogP contribution in [0.1, 0.15) is 29.3 Å². The molecule has 4 heterocycles. The Hall–Kier alpha value is -5.62. The summed E-state index contributed by atoms with van der Waals surface area (Å²) >= 11 is -3.73. The molecule has 0 aliphatic carbocycles. The molecule has 55 heavy (non-hydrogen) atoms. The molecule has 0 bridgehead atoms. The van der Waals surface area contributed by atoms with Crippen LogP contribution < -0.4 is 22.3 Å². The molecule has 0 N–H and O–H groups in total. The van der Waals surface area contributed by atoms with Crippen molar-refractivity contribution in [3.8, 4) is 28.6 Å². The summed E-state index contributed by atoms with van der Waals surface area (Å²) in [5.74, 6) is 0.336. The number of para-hydroxylation sites is 1. The second-order valence-electron chi connectivity index (χ2n) is 12.9. The summed E-state index contributed by atoms with van der Waals surface area (Å²) in [6.45, 7) is -8.39. The van der Waals surface area contributed by atoms with Crippen molar-refractivity contribution in [3.05, 3.63) is 193 Å². The Morgan fingerprint density at radius 2 is 1.25 bits per heavy atom. The molecule has 5 nitrogen and oxygen atoms in total. The minimum atomic E-state index is -3.73. The van der Waals surface area contributed by atoms with E-state index in [4.69, 9.17) is 22.1 Å². The van der Waals surface area contributed by atoms with E-state index >= 15 is 0 Å². The van der Waals surface area contributed by atoms with Crippen LogP contribution in [0.4, 0.5) is 0 Å². The molecule has 0 atom stereocenters. The average Bonchev–Trinajstić information content (AvgIpc) is 3.60. The number of aromatic nitrogens is 4. The van der Waals surface area contributed by atoms with Crippen LogP contribution in [-0.4, -0.2) is 32.8 Å². The normalized spacial score (nSPS) is 14.5. The van der Waals surface area contributed by atoms with Gasteiger partial charge in [-0.15, -0.1) is 0 Å². The van der Waals surface area contributed by atoms with E-state index in [9.17, 15) is 0 Å². The van der Waals surface area contributed by atoms with Gasteiger partial charge in [0.05, 0.1) is 0 Å². The molecular formula is C48H36GeN4OPt. The standard InChI is InChI=1S/C48H36GeN4O.Pt/c1-33-25-27-50-44(29-33)43-32-47(35(3)52-34(43)2)54-40-23-24-42-41-21-13-14-22-45(41)53(46(42)31-40)48-30-39(26-28-51-48)49(36-15-7-4-8-16-36,37-17-9-5-10-18-37)38-19-11-6-12-20-38;/h4-30H,1-3H3;/q-2;+2/i1D3,2D3,3D3;. The van der Waals surface area contributed by atoms with Gasteiger partial charge in [-0.2, -0.15) is 0 Å². The number of ether oxygens (including phenoxy) is 1. The van der Waals surface area contributed by atoms with Crippen LogP contribution in [0.3, 0.4) is 0 Å². The van der Waals surface area contributed by atoms with Gasteiger partial charge in [0.2, 0.25) is 0 Å². The summed E-state index contributed by atoms with van der Waals surface area (Å²) in [6, 6.07) is 56.3. The Morgan fingerprint density at radius 1 is 0.600 bits per heavy atom. The zero-order valence-corrected chi connectivity index (χ0v) is 33.5. The molecule has 9 rings (SSSR count). The molecule has 5 aromatic carbocycles. The fourth-order valence-corrected chi connectivity index (χ4v) is 17.4. The molecule has 0 amide bonds. The third-order valence-corrected chi connectivity index (χ3v) is 19.7. The van der Waals surface area contributed by atoms with Crippen molar-refractivity contribution >= 4 is 52.7 Å². The molecule has 0 saturated heterocycles. The van der Waals surface area contributed by atoms with E-state index in [1.165, 1.54) is 31.5 Å². The van der Waals surface area contributed by atoms with Gasteiger partial charge in [-0.3, -0.25) is 0 Å². The second-order valence-corrected chi connectivity index (χ2v) is 20.9. The topological polar surface area (TPSA) is 52.8 Å². The average molecular weight is 962 g/mol. The second kappa shape index (κ2) is 15.3. The van der Waals surface area contributed by atoms with Crippen LogP contribution in [0, 0.1) is 32.7 Å². The summed E-state index contributed by atoms with van der Waals surface area (Å²) in [5, 5.41) is 1.75. The Kier molecular flexibility index (Phi) is 7.50. The summed E-state index contributed by atoms with van der Waals surface area (Å²) < 4.78 is 86.8. The molecule has 7 heteroatoms. The first-order valence-corrected chi connectivity index (χ1v) is 21.6. The Balaban J connectivity index is 0.00000560. The summed E-state index contributed by atoms with van der Waals surface area (Å²) in [7, 11) is 0. The zero-order valence-electron chi connectivity index (χ0n) is 38.1. The summed E-state index contributed by atoms with van der Waals surface area (Å²) in [6.07, 6.45) is 3.08. The van der Waals surface area contributed by atoms with Crippen molar-refractivity contribution in [2.24, 2.45) is 0 Å². The third kappa shape index (κ3) is 6.52. The van der Waals surface area contributed by atoms with E-state index < -0.39 is 45.2 Å². The fourth-order valence-electron chi connectivity index (χ4n) is 7.40. The molecule has 0 aliphatic rings. The Morgan fingerprint density at radius 3 is 1.93 bits per heavy atom. The molecule has 0 saturated carbocycles. The number of aryl methyl sites for hydroxylation is 3. The first-order chi connectivity index (χ1) is 30.1. The molecule has 268 valence electrons. The van der Waals surface area contributed by atoms with Crippen molar-refractivity contribution in [2.75, 3.05) is 0 Å². The number of hydrogen-bond donors (Lipinski definition) is 0. The van der Waals surface area contributed by atoms with Gasteiger partial charge < -0.3 is 4.98 Å². The van der Waals surface area contributed by atoms with Gasteiger partial charge in [0.1, 0.15) is 0 Å². The van der Waals surface area contributed by atoms with E-state index in [0.29, 0.717) is 11.3 Å². The first-order valence-electron chi connectivity index (χ1n) is 21.9. The van der Waals surface area contributed by atoms with E-state index in [1.807, 2.05) is 59.3 Å². The minimum Gasteiger partial charge on any atom is -0.0754 e. The van der Waals surface area contributed by atoms with E-state index in [2.05, 4.69) is 107 Å². The number of pyridine rings is 3. The molecule has 0 fully saturated rings. The number of rotatable bonds is 8. The van der Waals surface area contributed by atoms with E-state index in [1.54, 1.807) is 6.07 Å². The quantitative estimate of drug-likeness (QED) is 0.114. The molecule has 0 radical (unpaired) electrons. The van der Waals surface area contributed by atoms with E-state index in [-0.39, 0.29) is 49.4 Å². The molecule has 9 aromatic rings. The zero-order chi connectivity index (χ0) is 44.1. The smallest absolute Gasteiger partial charge is 0.0754 e. The Labute approximate surface area is 351 Å². The SMILES string of the molecule is [2H]C([2H])([2H])c1ccnc(-c2[c-]c(Oc3[c-]c4c(cc3)c3ccccc3n4-c3c[c]([Ge]([c]4ccccc4)([c]4ccccc4)[c]4ccccc4)ccn3)c(C([2H])([2H])[2H])nc2C([2H])([2H])[2H])c1.[Pt+2]. The number of nitrogens with zero attached hydrogens (tertiary/aromatic N) is 4. The molecular weight excluding hydrogens is 916 g/mol. The Bertz CT molecular complexity index is 3030. The van der Waals surface area contributed by atoms with Gasteiger partial charge in [0.25, 0.3) is 0 Å². The van der Waals surface area contributed by atoms with Crippen LogP contribution in [0.15, 0.2) is 164 Å². The van der Waals surface area contributed by atoms with Gasteiger partial charge in [-0.1, -0.05) is 18.5 Å². The van der Waals surface area contributed by atoms with Crippen molar-refractivity contribution in [1.29, 1.82) is 0 Å². The minimum absolute atomic E-state index is 0. The van der Waals surface area contributed by atoms with Crippen molar-refractivity contribution < 1.29 is 38.1 Å². The van der Waals surface area contributed by atoms with Crippen LogP contribution >= 0.6 is 0 Å². The fraction of sp³-hybridized carbons (Fsp3) is 0.0625. The van der Waals surface area contributed by atoms with Crippen LogP contribution in [0.25, 0.3) is 38.9 Å². The number of benzene rings is 5. The van der Waals surface area contributed by atoms with Gasteiger partial charge in [-0.25, -0.2) is 0 Å². The summed E-state index contributed by atoms with van der Waals surface area (Å²) in [5.41, 5.74) is -0.195. The maximum absolute atomic E-state index is 8.36. The van der Waals surface area contributed by atoms with E-state index in [0.717, 1.165) is 20.7 Å². The predicted molar refractivity (Wildman–Crippen MR) is 222 cm³/mol. The molecule has 0 unspecified atom stereocenters. The van der Waals surface area contributed by atoms with Crippen LogP contribution in [-0.2, 0) is 21.1 Å². The molecule has 0 spiro atoms. The summed E-state index contributed by atoms with van der Waals surface area (Å²) in [4.78, 5) is 13.4. The van der Waals surface area contributed by atoms with Crippen molar-refractivity contribution in [2.45, 2.75) is 20.6 Å². The molecule has 0 aliphatic heterocycles. The van der Waals surface area contributed by atoms with Gasteiger partial charge in [-0.05, 0) is 12.9 Å². The van der Waals surface area contributed by atoms with Gasteiger partial charge >= 0.3 is 302 Å². The van der Waals surface area contributed by atoms with Gasteiger partial charge in [0, 0.05) is 14.4 Å². The predicted octanol–water partition coefficient (Wildman–Crippen LogP) is 8.33. The maximum atomic E-state index is 8.36. The van der Waals surface area contributed by atoms with Crippen LogP contribution in [0.5, 0.6) is 11.5 Å². The van der Waals surface area contributed by atoms with Crippen molar-refractivity contribution in [1.82, 2.24) is 19.5 Å². The number of fused-ring (bicyclic) bond motifs is 3. The van der Waals surface area contributed by atoms with Crippen molar-refractivity contribution in [3.63, 3.8) is 0 Å². The number of hydrogen-bond acceptors (Lipinski definition) is 4.